The van der Waals surface area contributed by atoms with Crippen molar-refractivity contribution >= 4 is 21.5 Å². The molecule has 162 valence electrons. The number of nitrogens with zero attached hydrogens (tertiary/aromatic N) is 1. The van der Waals surface area contributed by atoms with Gasteiger partial charge in [-0.1, -0.05) is 19.1 Å². The maximum absolute atomic E-state index is 12.6. The van der Waals surface area contributed by atoms with Crippen LogP contribution >= 0.6 is 0 Å². The molecule has 0 N–H and O–H groups in total. The molecule has 6 nitrogen and oxygen atoms in total. The van der Waals surface area contributed by atoms with E-state index < -0.39 is 15.8 Å². The van der Waals surface area contributed by atoms with Gasteiger partial charge in [-0.15, -0.1) is 6.42 Å². The lowest BCUT2D eigenvalue weighted by Crippen LogP contribution is -2.30. The number of piperidine rings is 1. The van der Waals surface area contributed by atoms with E-state index in [1.54, 1.807) is 24.3 Å². The number of anilines is 1. The van der Waals surface area contributed by atoms with Crippen LogP contribution in [0.3, 0.4) is 0 Å². The maximum atomic E-state index is 12.6. The molecule has 0 aliphatic carbocycles. The first-order valence-corrected chi connectivity index (χ1v) is 12.0. The van der Waals surface area contributed by atoms with Crippen molar-refractivity contribution in [2.24, 2.45) is 0 Å². The number of esters is 1. The Morgan fingerprint density at radius 3 is 2.53 bits per heavy atom. The number of carbonyl (C=O) groups is 1. The van der Waals surface area contributed by atoms with Crippen molar-refractivity contribution in [2.75, 3.05) is 30.9 Å². The van der Waals surface area contributed by atoms with E-state index >= 15 is 0 Å². The van der Waals surface area contributed by atoms with E-state index in [-0.39, 0.29) is 28.6 Å². The van der Waals surface area contributed by atoms with Gasteiger partial charge in [-0.3, -0.25) is 0 Å². The first kappa shape index (κ1) is 23.6. The second kappa shape index (κ2) is 10.9. The third-order valence-corrected chi connectivity index (χ3v) is 5.70. The number of rotatable bonds is 8. The van der Waals surface area contributed by atoms with Crippen molar-refractivity contribution in [3.05, 3.63) is 41.7 Å². The lowest BCUT2D eigenvalue weighted by atomic mass is 10.1. The van der Waals surface area contributed by atoms with Gasteiger partial charge in [0.05, 0.1) is 17.9 Å². The Bertz CT molecular complexity index is 964. The molecule has 0 saturated carbocycles. The van der Waals surface area contributed by atoms with Gasteiger partial charge in [0.15, 0.2) is 21.3 Å². The minimum absolute atomic E-state index is 0.0874. The third kappa shape index (κ3) is 6.14. The van der Waals surface area contributed by atoms with Gasteiger partial charge in [0.25, 0.3) is 0 Å². The van der Waals surface area contributed by atoms with E-state index in [4.69, 9.17) is 15.9 Å². The van der Waals surface area contributed by atoms with Gasteiger partial charge in [-0.25, -0.2) is 13.2 Å². The predicted molar refractivity (Wildman–Crippen MR) is 119 cm³/mol. The summed E-state index contributed by atoms with van der Waals surface area (Å²) < 4.78 is 36.4. The second-order valence-electron chi connectivity index (χ2n) is 7.08. The van der Waals surface area contributed by atoms with Gasteiger partial charge < -0.3 is 14.4 Å². The zero-order valence-electron chi connectivity index (χ0n) is 17.8. The summed E-state index contributed by atoms with van der Waals surface area (Å²) in [5.41, 5.74) is 0.708. The first-order chi connectivity index (χ1) is 14.3. The van der Waals surface area contributed by atoms with Crippen LogP contribution in [0.1, 0.15) is 49.9 Å². The Balaban J connectivity index is 2.68. The summed E-state index contributed by atoms with van der Waals surface area (Å²) in [7, 11) is -3.72. The Morgan fingerprint density at radius 1 is 1.27 bits per heavy atom. The van der Waals surface area contributed by atoms with Crippen LogP contribution in [0.15, 0.2) is 41.0 Å². The summed E-state index contributed by atoms with van der Waals surface area (Å²) in [6.07, 6.45) is 15.5. The molecule has 1 fully saturated rings. The molecule has 30 heavy (non-hydrogen) atoms. The van der Waals surface area contributed by atoms with Gasteiger partial charge in [-0.2, -0.15) is 0 Å². The van der Waals surface area contributed by atoms with Crippen molar-refractivity contribution in [2.45, 2.75) is 44.4 Å². The molecule has 0 bridgehead atoms. The lowest BCUT2D eigenvalue weighted by molar-refractivity contribution is 0.0505. The van der Waals surface area contributed by atoms with Gasteiger partial charge in [0.1, 0.15) is 4.90 Å². The summed E-state index contributed by atoms with van der Waals surface area (Å²) in [4.78, 5) is 14.5. The molecule has 0 unspecified atom stereocenters. The van der Waals surface area contributed by atoms with E-state index in [0.29, 0.717) is 12.1 Å². The number of hydrogen-bond acceptors (Lipinski definition) is 6. The molecule has 2 rings (SSSR count). The molecular weight excluding hydrogens is 402 g/mol. The Labute approximate surface area is 179 Å². The quantitative estimate of drug-likeness (QED) is 0.267. The van der Waals surface area contributed by atoms with Crippen LogP contribution < -0.4 is 9.64 Å². The SMILES string of the molecule is C#CC(=CC=CC)Oc1c(N2CCCCC2)cc(C(=O)OCCC)cc1S(C)(=O)=O. The second-order valence-corrected chi connectivity index (χ2v) is 9.07. The topological polar surface area (TPSA) is 72.9 Å². The molecule has 1 heterocycles. The van der Waals surface area contributed by atoms with E-state index in [1.165, 1.54) is 6.07 Å². The van der Waals surface area contributed by atoms with Crippen LogP contribution in [-0.2, 0) is 14.6 Å². The van der Waals surface area contributed by atoms with Gasteiger partial charge in [0.2, 0.25) is 0 Å². The molecule has 7 heteroatoms. The monoisotopic (exact) mass is 431 g/mol. The van der Waals surface area contributed by atoms with Gasteiger partial charge in [0, 0.05) is 19.3 Å². The largest absolute Gasteiger partial charge is 0.462 e. The van der Waals surface area contributed by atoms with Crippen LogP contribution in [-0.4, -0.2) is 40.3 Å². The average Bonchev–Trinajstić information content (AvgIpc) is 2.74. The van der Waals surface area contributed by atoms with Crippen molar-refractivity contribution in [3.63, 3.8) is 0 Å². The number of carbonyl (C=O) groups excluding carboxylic acids is 1. The Kier molecular flexibility index (Phi) is 8.55. The van der Waals surface area contributed by atoms with Gasteiger partial charge >= 0.3 is 5.97 Å². The molecule has 1 aromatic rings. The highest BCUT2D eigenvalue weighted by Crippen LogP contribution is 2.39. The number of hydrogen-bond donors (Lipinski definition) is 0. The first-order valence-electron chi connectivity index (χ1n) is 10.1. The zero-order chi connectivity index (χ0) is 22.1. The average molecular weight is 432 g/mol. The molecule has 1 aliphatic rings. The molecule has 0 atom stereocenters. The van der Waals surface area contributed by atoms with Crippen LogP contribution in [0.2, 0.25) is 0 Å². The van der Waals surface area contributed by atoms with Crippen LogP contribution in [0, 0.1) is 12.3 Å². The number of allylic oxidation sites excluding steroid dienone is 4. The Hall–Kier alpha value is -2.72. The molecule has 0 amide bonds. The van der Waals surface area contributed by atoms with Crippen molar-refractivity contribution < 1.29 is 22.7 Å². The number of ether oxygens (including phenoxy) is 2. The number of sulfone groups is 1. The lowest BCUT2D eigenvalue weighted by Gasteiger charge is -2.31. The summed E-state index contributed by atoms with van der Waals surface area (Å²) in [6, 6.07) is 2.94. The summed E-state index contributed by atoms with van der Waals surface area (Å²) in [6.45, 7) is 5.46. The van der Waals surface area contributed by atoms with E-state index in [1.807, 2.05) is 18.7 Å². The fraction of sp³-hybridized carbons (Fsp3) is 0.435. The number of benzene rings is 1. The molecule has 0 aromatic heterocycles. The molecule has 1 saturated heterocycles. The molecular formula is C23H29NO5S. The van der Waals surface area contributed by atoms with Crippen molar-refractivity contribution in [1.82, 2.24) is 0 Å². The minimum atomic E-state index is -3.72. The smallest absolute Gasteiger partial charge is 0.338 e. The zero-order valence-corrected chi connectivity index (χ0v) is 18.6. The van der Waals surface area contributed by atoms with E-state index in [2.05, 4.69) is 5.92 Å². The van der Waals surface area contributed by atoms with Crippen LogP contribution in [0.5, 0.6) is 5.75 Å². The highest BCUT2D eigenvalue weighted by molar-refractivity contribution is 7.90. The van der Waals surface area contributed by atoms with Crippen molar-refractivity contribution in [3.8, 4) is 18.1 Å². The maximum Gasteiger partial charge on any atom is 0.338 e. The van der Waals surface area contributed by atoms with Crippen LogP contribution in [0.25, 0.3) is 0 Å². The molecule has 1 aliphatic heterocycles. The fourth-order valence-corrected chi connectivity index (χ4v) is 3.96. The summed E-state index contributed by atoms with van der Waals surface area (Å²) in [5.74, 6) is 2.20. The highest BCUT2D eigenvalue weighted by Gasteiger charge is 2.27. The molecule has 0 spiro atoms. The van der Waals surface area contributed by atoms with Crippen LogP contribution in [0.4, 0.5) is 5.69 Å². The predicted octanol–water partition coefficient (Wildman–Crippen LogP) is 4.12. The highest BCUT2D eigenvalue weighted by atomic mass is 32.2. The van der Waals surface area contributed by atoms with Gasteiger partial charge in [-0.05, 0) is 56.7 Å². The normalized spacial score (nSPS) is 15.1. The number of terminal acetylenes is 1. The fourth-order valence-electron chi connectivity index (χ4n) is 3.14. The standard InChI is InChI=1S/C23H29NO5S/c1-5-8-12-19(7-3)29-22-20(24-13-10-9-11-14-24)16-18(23(25)28-15-6-2)17-21(22)30(4,26)27/h3,5,8,12,16-17H,6,9-11,13-15H2,1-2,4H3. The molecule has 1 aromatic carbocycles. The van der Waals surface area contributed by atoms with E-state index in [9.17, 15) is 13.2 Å². The summed E-state index contributed by atoms with van der Waals surface area (Å²) >= 11 is 0. The minimum Gasteiger partial charge on any atom is -0.462 e. The third-order valence-electron chi connectivity index (χ3n) is 4.60. The van der Waals surface area contributed by atoms with Crippen molar-refractivity contribution in [1.29, 1.82) is 0 Å². The summed E-state index contributed by atoms with van der Waals surface area (Å²) in [5, 5.41) is 0. The molecule has 0 radical (unpaired) electrons. The Morgan fingerprint density at radius 2 is 1.97 bits per heavy atom. The van der Waals surface area contributed by atoms with E-state index in [0.717, 1.165) is 38.6 Å².